The molecule has 0 unspecified atom stereocenters. The molecule has 7 nitrogen and oxygen atoms in total. The Balaban J connectivity index is 2.01. The molecule has 2 aliphatic heterocycles. The molecule has 31 heavy (non-hydrogen) atoms. The normalized spacial score (nSPS) is 22.8. The van der Waals surface area contributed by atoms with Crippen LogP contribution < -0.4 is 10.6 Å². The molecule has 1 aromatic carbocycles. The predicted molar refractivity (Wildman–Crippen MR) is 115 cm³/mol. The van der Waals surface area contributed by atoms with E-state index in [0.717, 1.165) is 6.42 Å². The summed E-state index contributed by atoms with van der Waals surface area (Å²) in [7, 11) is 0. The second-order valence-corrected chi connectivity index (χ2v) is 8.54. The Morgan fingerprint density at radius 2 is 2.00 bits per heavy atom. The van der Waals surface area contributed by atoms with Crippen molar-refractivity contribution in [1.82, 2.24) is 0 Å². The van der Waals surface area contributed by atoms with Crippen molar-refractivity contribution in [3.8, 4) is 0 Å². The maximum absolute atomic E-state index is 14.2. The summed E-state index contributed by atoms with van der Waals surface area (Å²) in [6.07, 6.45) is 2.17. The Hall–Kier alpha value is -3.09. The molecule has 4 rings (SSSR count). The molecule has 1 aromatic rings. The maximum atomic E-state index is 14.2. The van der Waals surface area contributed by atoms with E-state index in [9.17, 15) is 14.4 Å². The lowest BCUT2D eigenvalue weighted by Crippen LogP contribution is -2.51. The molecule has 7 heteroatoms. The van der Waals surface area contributed by atoms with Gasteiger partial charge in [0.25, 0.3) is 0 Å². The van der Waals surface area contributed by atoms with Gasteiger partial charge in [0.15, 0.2) is 5.78 Å². The highest BCUT2D eigenvalue weighted by atomic mass is 16.5. The van der Waals surface area contributed by atoms with Crippen molar-refractivity contribution in [2.24, 2.45) is 11.7 Å². The van der Waals surface area contributed by atoms with Gasteiger partial charge in [-0.05, 0) is 31.7 Å². The van der Waals surface area contributed by atoms with Crippen molar-refractivity contribution >= 4 is 23.3 Å². The van der Waals surface area contributed by atoms with Gasteiger partial charge in [-0.15, -0.1) is 0 Å². The van der Waals surface area contributed by atoms with Crippen LogP contribution in [0.25, 0.3) is 0 Å². The van der Waals surface area contributed by atoms with Gasteiger partial charge < -0.3 is 20.1 Å². The third kappa shape index (κ3) is 3.06. The van der Waals surface area contributed by atoms with Crippen molar-refractivity contribution in [1.29, 1.82) is 0 Å². The molecule has 2 N–H and O–H groups in total. The first kappa shape index (κ1) is 21.2. The quantitative estimate of drug-likeness (QED) is 0.730. The number of hydrogen-bond acceptors (Lipinski definition) is 6. The third-order valence-corrected chi connectivity index (χ3v) is 6.17. The van der Waals surface area contributed by atoms with Gasteiger partial charge in [0, 0.05) is 30.6 Å². The predicted octanol–water partition coefficient (Wildman–Crippen LogP) is 3.09. The summed E-state index contributed by atoms with van der Waals surface area (Å²) in [5.41, 5.74) is 6.03. The maximum Gasteiger partial charge on any atom is 0.341 e. The van der Waals surface area contributed by atoms with Gasteiger partial charge in [-0.2, -0.15) is 0 Å². The number of nitrogens with zero attached hydrogens (tertiary/aromatic N) is 1. The highest BCUT2D eigenvalue weighted by Gasteiger charge is 2.63. The van der Waals surface area contributed by atoms with E-state index in [0.29, 0.717) is 48.7 Å². The summed E-state index contributed by atoms with van der Waals surface area (Å²) in [6, 6.07) is 7.31. The molecule has 0 fully saturated rings. The molecule has 0 saturated carbocycles. The van der Waals surface area contributed by atoms with E-state index in [-0.39, 0.29) is 35.3 Å². The average Bonchev–Trinajstić information content (AvgIpc) is 2.95. The van der Waals surface area contributed by atoms with Gasteiger partial charge in [0.05, 0.1) is 12.2 Å². The fourth-order valence-corrected chi connectivity index (χ4v) is 4.83. The SMILES string of the molecule is CCOC(=O)C1=C(N)OC2=C(C(=O)CCC2)[C@@]12C(=O)N(CCC(C)C)c1ccccc12. The van der Waals surface area contributed by atoms with Gasteiger partial charge in [0.2, 0.25) is 11.8 Å². The van der Waals surface area contributed by atoms with Gasteiger partial charge >= 0.3 is 5.97 Å². The standard InChI is InChI=1S/C24H28N2O5/c1-4-30-22(28)20-21(25)31-18-11-7-10-17(27)19(18)24(20)15-8-5-6-9-16(15)26(23(24)29)13-12-14(2)3/h5-6,8-9,14H,4,7,10-13,25H2,1-3H3/t24-/m1/s1. The number of hydrogen-bond donors (Lipinski definition) is 1. The second kappa shape index (κ2) is 7.87. The monoisotopic (exact) mass is 424 g/mol. The minimum atomic E-state index is -1.63. The van der Waals surface area contributed by atoms with E-state index in [1.54, 1.807) is 17.9 Å². The Bertz CT molecular complexity index is 1020. The lowest BCUT2D eigenvalue weighted by Gasteiger charge is -2.38. The van der Waals surface area contributed by atoms with Crippen LogP contribution in [0.1, 0.15) is 52.0 Å². The number of para-hydroxylation sites is 1. The zero-order chi connectivity index (χ0) is 22.3. The summed E-state index contributed by atoms with van der Waals surface area (Å²) in [6.45, 7) is 6.44. The van der Waals surface area contributed by atoms with Gasteiger partial charge in [-0.3, -0.25) is 9.59 Å². The van der Waals surface area contributed by atoms with Gasteiger partial charge in [-0.25, -0.2) is 4.79 Å². The zero-order valence-corrected chi connectivity index (χ0v) is 18.2. The second-order valence-electron chi connectivity index (χ2n) is 8.54. The van der Waals surface area contributed by atoms with E-state index in [1.165, 1.54) is 0 Å². The Labute approximate surface area is 181 Å². The first-order chi connectivity index (χ1) is 14.8. The lowest BCUT2D eigenvalue weighted by molar-refractivity contribution is -0.141. The van der Waals surface area contributed by atoms with Gasteiger partial charge in [-0.1, -0.05) is 32.0 Å². The number of nitrogens with two attached hydrogens (primary N) is 1. The molecule has 0 radical (unpaired) electrons. The summed E-state index contributed by atoms with van der Waals surface area (Å²) < 4.78 is 11.1. The first-order valence-electron chi connectivity index (χ1n) is 10.9. The average molecular weight is 424 g/mol. The molecule has 0 aromatic heterocycles. The van der Waals surface area contributed by atoms with Crippen LogP contribution in [0, 0.1) is 5.92 Å². The number of ketones is 1. The zero-order valence-electron chi connectivity index (χ0n) is 18.2. The molecule has 1 aliphatic carbocycles. The van der Waals surface area contributed by atoms with Crippen molar-refractivity contribution in [2.75, 3.05) is 18.1 Å². The highest BCUT2D eigenvalue weighted by molar-refractivity contribution is 6.23. The molecule has 0 bridgehead atoms. The molecular weight excluding hydrogens is 396 g/mol. The Kier molecular flexibility index (Phi) is 5.37. The fourth-order valence-electron chi connectivity index (χ4n) is 4.83. The highest BCUT2D eigenvalue weighted by Crippen LogP contribution is 2.56. The number of amides is 1. The van der Waals surface area contributed by atoms with Crippen molar-refractivity contribution in [3.63, 3.8) is 0 Å². The Morgan fingerprint density at radius 1 is 1.26 bits per heavy atom. The minimum Gasteiger partial charge on any atom is -0.462 e. The number of anilines is 1. The molecule has 1 amide bonds. The van der Waals surface area contributed by atoms with Crippen LogP contribution in [0.4, 0.5) is 5.69 Å². The number of allylic oxidation sites excluding steroid dienone is 1. The number of benzene rings is 1. The number of carbonyl (C=O) groups is 3. The van der Waals surface area contributed by atoms with E-state index in [2.05, 4.69) is 13.8 Å². The smallest absolute Gasteiger partial charge is 0.341 e. The summed E-state index contributed by atoms with van der Waals surface area (Å²) in [5.74, 6) is -0.673. The van der Waals surface area contributed by atoms with E-state index in [1.807, 2.05) is 18.2 Å². The molecular formula is C24H28N2O5. The van der Waals surface area contributed by atoms with E-state index >= 15 is 0 Å². The molecule has 1 atom stereocenters. The number of esters is 1. The van der Waals surface area contributed by atoms with Crippen molar-refractivity contribution in [3.05, 3.63) is 52.6 Å². The number of Topliss-reactive ketones (excluding diaryl/α,β-unsaturated/α-hetero) is 1. The fraction of sp³-hybridized carbons (Fsp3) is 0.458. The molecule has 164 valence electrons. The summed E-state index contributed by atoms with van der Waals surface area (Å²) in [5, 5.41) is 0. The van der Waals surface area contributed by atoms with Crippen LogP contribution in [-0.4, -0.2) is 30.8 Å². The molecule has 3 aliphatic rings. The van der Waals surface area contributed by atoms with Crippen LogP contribution in [0.5, 0.6) is 0 Å². The van der Waals surface area contributed by atoms with Crippen LogP contribution in [0.3, 0.4) is 0 Å². The summed E-state index contributed by atoms with van der Waals surface area (Å²) in [4.78, 5) is 42.2. The minimum absolute atomic E-state index is 0.0900. The van der Waals surface area contributed by atoms with E-state index < -0.39 is 11.4 Å². The van der Waals surface area contributed by atoms with Crippen molar-refractivity contribution in [2.45, 2.75) is 51.9 Å². The van der Waals surface area contributed by atoms with Crippen LogP contribution in [0.15, 0.2) is 47.1 Å². The first-order valence-corrected chi connectivity index (χ1v) is 10.9. The van der Waals surface area contributed by atoms with Crippen LogP contribution in [0.2, 0.25) is 0 Å². The Morgan fingerprint density at radius 3 is 2.71 bits per heavy atom. The molecule has 1 spiro atoms. The topological polar surface area (TPSA) is 98.9 Å². The molecule has 0 saturated heterocycles. The number of fused-ring (bicyclic) bond motifs is 3. The third-order valence-electron chi connectivity index (χ3n) is 6.17. The number of carbonyl (C=O) groups excluding carboxylic acids is 3. The van der Waals surface area contributed by atoms with E-state index in [4.69, 9.17) is 15.2 Å². The van der Waals surface area contributed by atoms with Gasteiger partial charge in [0.1, 0.15) is 16.7 Å². The summed E-state index contributed by atoms with van der Waals surface area (Å²) >= 11 is 0. The molecule has 2 heterocycles. The van der Waals surface area contributed by atoms with Crippen LogP contribution >= 0.6 is 0 Å². The number of ether oxygens (including phenoxy) is 2. The largest absolute Gasteiger partial charge is 0.462 e. The van der Waals surface area contributed by atoms with Crippen LogP contribution in [-0.2, 0) is 29.3 Å². The van der Waals surface area contributed by atoms with Crippen molar-refractivity contribution < 1.29 is 23.9 Å². The lowest BCUT2D eigenvalue weighted by atomic mass is 9.64. The number of rotatable bonds is 5.